The summed E-state index contributed by atoms with van der Waals surface area (Å²) in [6, 6.07) is 1.75. The van der Waals surface area contributed by atoms with Gasteiger partial charge < -0.3 is 14.3 Å². The van der Waals surface area contributed by atoms with Crippen molar-refractivity contribution in [2.75, 3.05) is 5.32 Å². The van der Waals surface area contributed by atoms with Gasteiger partial charge in [0.25, 0.3) is 5.91 Å². The molecule has 0 bridgehead atoms. The molecule has 1 amide bonds. The quantitative estimate of drug-likeness (QED) is 0.917. The zero-order chi connectivity index (χ0) is 15.8. The van der Waals surface area contributed by atoms with E-state index in [0.717, 1.165) is 11.3 Å². The van der Waals surface area contributed by atoms with Gasteiger partial charge in [-0.2, -0.15) is 0 Å². The number of hydrogen-bond donors (Lipinski definition) is 1. The second kappa shape index (κ2) is 5.39. The highest BCUT2D eigenvalue weighted by Crippen LogP contribution is 2.27. The van der Waals surface area contributed by atoms with Gasteiger partial charge in [-0.15, -0.1) is 0 Å². The second-order valence-electron chi connectivity index (χ2n) is 6.59. The third-order valence-electron chi connectivity index (χ3n) is 3.25. The van der Waals surface area contributed by atoms with Crippen LogP contribution in [-0.2, 0) is 5.41 Å². The van der Waals surface area contributed by atoms with Gasteiger partial charge in [0.05, 0.1) is 11.8 Å². The zero-order valence-electron chi connectivity index (χ0n) is 13.4. The highest BCUT2D eigenvalue weighted by molar-refractivity contribution is 6.05. The number of aromatic nitrogens is 1. The van der Waals surface area contributed by atoms with Crippen molar-refractivity contribution in [1.82, 2.24) is 5.16 Å². The molecule has 2 rings (SSSR count). The first-order chi connectivity index (χ1) is 9.70. The first kappa shape index (κ1) is 15.4. The molecule has 0 atom stereocenters. The second-order valence-corrected chi connectivity index (χ2v) is 6.59. The Morgan fingerprint density at radius 1 is 1.33 bits per heavy atom. The lowest BCUT2D eigenvalue weighted by Gasteiger charge is -2.12. The first-order valence-electron chi connectivity index (χ1n) is 7.06. The fourth-order valence-corrected chi connectivity index (χ4v) is 2.05. The molecule has 0 spiro atoms. The van der Waals surface area contributed by atoms with E-state index in [1.807, 2.05) is 41.5 Å². The molecule has 0 aliphatic carbocycles. The zero-order valence-corrected chi connectivity index (χ0v) is 13.4. The van der Waals surface area contributed by atoms with E-state index in [2.05, 4.69) is 10.5 Å². The van der Waals surface area contributed by atoms with E-state index in [1.165, 1.54) is 0 Å². The molecule has 5 heteroatoms. The molecular formula is C16H22N2O3. The van der Waals surface area contributed by atoms with Crippen LogP contribution in [0.25, 0.3) is 0 Å². The molecule has 114 valence electrons. The molecule has 0 aliphatic heterocycles. The Hall–Kier alpha value is -2.04. The summed E-state index contributed by atoms with van der Waals surface area (Å²) < 4.78 is 10.7. The van der Waals surface area contributed by atoms with Crippen LogP contribution in [0, 0.1) is 6.92 Å². The molecule has 0 saturated heterocycles. The SMILES string of the molecule is Cc1coc(C(C)C)c1C(=O)Nc1cc(C(C)(C)C)on1. The number of hydrogen-bond acceptors (Lipinski definition) is 4. The van der Waals surface area contributed by atoms with Crippen LogP contribution in [0.2, 0.25) is 0 Å². The van der Waals surface area contributed by atoms with E-state index in [1.54, 1.807) is 12.3 Å². The van der Waals surface area contributed by atoms with Crippen molar-refractivity contribution < 1.29 is 13.7 Å². The number of aryl methyl sites for hydroxylation is 1. The number of rotatable bonds is 3. The van der Waals surface area contributed by atoms with Crippen LogP contribution in [0.4, 0.5) is 5.82 Å². The summed E-state index contributed by atoms with van der Waals surface area (Å²) in [5, 5.41) is 6.67. The van der Waals surface area contributed by atoms with Crippen molar-refractivity contribution >= 4 is 11.7 Å². The molecule has 5 nitrogen and oxygen atoms in total. The highest BCUT2D eigenvalue weighted by atomic mass is 16.5. The minimum Gasteiger partial charge on any atom is -0.468 e. The average molecular weight is 290 g/mol. The molecular weight excluding hydrogens is 268 g/mol. The largest absolute Gasteiger partial charge is 0.468 e. The fraction of sp³-hybridized carbons (Fsp3) is 0.500. The summed E-state index contributed by atoms with van der Waals surface area (Å²) >= 11 is 0. The molecule has 2 heterocycles. The third kappa shape index (κ3) is 3.17. The van der Waals surface area contributed by atoms with Crippen molar-refractivity contribution in [2.24, 2.45) is 0 Å². The number of anilines is 1. The Labute approximate surface area is 124 Å². The highest BCUT2D eigenvalue weighted by Gasteiger charge is 2.23. The van der Waals surface area contributed by atoms with Gasteiger partial charge in [0.2, 0.25) is 0 Å². The summed E-state index contributed by atoms with van der Waals surface area (Å²) in [4.78, 5) is 12.4. The van der Waals surface area contributed by atoms with Crippen LogP contribution < -0.4 is 5.32 Å². The summed E-state index contributed by atoms with van der Waals surface area (Å²) in [6.07, 6.45) is 1.60. The molecule has 2 aromatic rings. The molecule has 0 aromatic carbocycles. The Balaban J connectivity index is 2.23. The number of carbonyl (C=O) groups excluding carboxylic acids is 1. The number of furan rings is 1. The van der Waals surface area contributed by atoms with E-state index in [-0.39, 0.29) is 17.2 Å². The van der Waals surface area contributed by atoms with Gasteiger partial charge in [-0.25, -0.2) is 0 Å². The van der Waals surface area contributed by atoms with Crippen molar-refractivity contribution in [2.45, 2.75) is 52.9 Å². The van der Waals surface area contributed by atoms with Crippen LogP contribution in [0.1, 0.15) is 68.0 Å². The molecule has 0 saturated carbocycles. The van der Waals surface area contributed by atoms with E-state index < -0.39 is 0 Å². The minimum atomic E-state index is -0.223. The van der Waals surface area contributed by atoms with Crippen molar-refractivity contribution in [1.29, 1.82) is 0 Å². The van der Waals surface area contributed by atoms with Crippen molar-refractivity contribution in [3.63, 3.8) is 0 Å². The van der Waals surface area contributed by atoms with Crippen molar-refractivity contribution in [3.8, 4) is 0 Å². The molecule has 0 unspecified atom stereocenters. The number of carbonyl (C=O) groups is 1. The van der Waals surface area contributed by atoms with Gasteiger partial charge in [0.1, 0.15) is 11.5 Å². The maximum absolute atomic E-state index is 12.4. The normalized spacial score (nSPS) is 12.0. The Morgan fingerprint density at radius 2 is 2.00 bits per heavy atom. The predicted molar refractivity (Wildman–Crippen MR) is 80.7 cm³/mol. The topological polar surface area (TPSA) is 68.3 Å². The van der Waals surface area contributed by atoms with E-state index in [9.17, 15) is 4.79 Å². The molecule has 0 radical (unpaired) electrons. The van der Waals surface area contributed by atoms with Crippen molar-refractivity contribution in [3.05, 3.63) is 35.0 Å². The third-order valence-corrected chi connectivity index (χ3v) is 3.25. The van der Waals surface area contributed by atoms with E-state index in [4.69, 9.17) is 8.94 Å². The first-order valence-corrected chi connectivity index (χ1v) is 7.06. The van der Waals surface area contributed by atoms with Crippen LogP contribution >= 0.6 is 0 Å². The predicted octanol–water partition coefficient (Wildman–Crippen LogP) is 4.25. The maximum atomic E-state index is 12.4. The fourth-order valence-electron chi connectivity index (χ4n) is 2.05. The minimum absolute atomic E-state index is 0.141. The van der Waals surface area contributed by atoms with Crippen LogP contribution in [0.5, 0.6) is 0 Å². The maximum Gasteiger partial charge on any atom is 0.260 e. The summed E-state index contributed by atoms with van der Waals surface area (Å²) in [6.45, 7) is 11.9. The van der Waals surface area contributed by atoms with Gasteiger partial charge in [-0.05, 0) is 6.92 Å². The summed E-state index contributed by atoms with van der Waals surface area (Å²) in [5.74, 6) is 1.75. The average Bonchev–Trinajstić information content (AvgIpc) is 2.94. The molecule has 2 aromatic heterocycles. The molecule has 0 fully saturated rings. The Bertz CT molecular complexity index is 645. The smallest absolute Gasteiger partial charge is 0.260 e. The molecule has 21 heavy (non-hydrogen) atoms. The summed E-state index contributed by atoms with van der Waals surface area (Å²) in [7, 11) is 0. The van der Waals surface area contributed by atoms with E-state index >= 15 is 0 Å². The summed E-state index contributed by atoms with van der Waals surface area (Å²) in [5.41, 5.74) is 1.24. The number of nitrogens with zero attached hydrogens (tertiary/aromatic N) is 1. The Morgan fingerprint density at radius 3 is 2.52 bits per heavy atom. The lowest BCUT2D eigenvalue weighted by Crippen LogP contribution is -2.15. The van der Waals surface area contributed by atoms with E-state index in [0.29, 0.717) is 17.1 Å². The number of amides is 1. The van der Waals surface area contributed by atoms with Gasteiger partial charge in [0.15, 0.2) is 5.82 Å². The lowest BCUT2D eigenvalue weighted by molar-refractivity contribution is 0.102. The Kier molecular flexibility index (Phi) is 3.94. The lowest BCUT2D eigenvalue weighted by atomic mass is 9.93. The van der Waals surface area contributed by atoms with Gasteiger partial charge in [-0.1, -0.05) is 39.8 Å². The number of nitrogens with one attached hydrogen (secondary N) is 1. The standard InChI is InChI=1S/C16H22N2O3/c1-9(2)14-13(10(3)8-20-14)15(19)17-12-7-11(21-18-12)16(4,5)6/h7-9H,1-6H3,(H,17,18,19). The molecule has 1 N–H and O–H groups in total. The van der Waals surface area contributed by atoms with Crippen LogP contribution in [-0.4, -0.2) is 11.1 Å². The molecule has 0 aliphatic rings. The van der Waals surface area contributed by atoms with Gasteiger partial charge >= 0.3 is 0 Å². The van der Waals surface area contributed by atoms with Crippen LogP contribution in [0.15, 0.2) is 21.3 Å². The van der Waals surface area contributed by atoms with Gasteiger partial charge in [0, 0.05) is 23.0 Å². The van der Waals surface area contributed by atoms with Crippen LogP contribution in [0.3, 0.4) is 0 Å². The monoisotopic (exact) mass is 290 g/mol. The van der Waals surface area contributed by atoms with Gasteiger partial charge in [-0.3, -0.25) is 4.79 Å².